The van der Waals surface area contributed by atoms with Crippen molar-refractivity contribution in [2.75, 3.05) is 13.2 Å². The summed E-state index contributed by atoms with van der Waals surface area (Å²) in [5, 5.41) is 17.0. The van der Waals surface area contributed by atoms with Gasteiger partial charge in [-0.2, -0.15) is 0 Å². The third-order valence-corrected chi connectivity index (χ3v) is 1.28. The molecule has 1 unspecified atom stereocenters. The Bertz CT molecular complexity index is 108. The molecule has 0 heterocycles. The van der Waals surface area contributed by atoms with Crippen molar-refractivity contribution in [1.29, 1.82) is 0 Å². The maximum atomic E-state index is 8.66. The number of hydrogen-bond donors (Lipinski definition) is 2. The van der Waals surface area contributed by atoms with E-state index >= 15 is 0 Å². The Hall–Kier alpha value is -0.600. The molecule has 0 aromatic rings. The van der Waals surface area contributed by atoms with Crippen molar-refractivity contribution >= 4 is 0 Å². The van der Waals surface area contributed by atoms with E-state index in [1.807, 2.05) is 6.08 Å². The fraction of sp³-hybridized carbons (Fsp3) is 0.500. The smallest absolute Gasteiger partial charge is 0.0612 e. The van der Waals surface area contributed by atoms with Gasteiger partial charge in [-0.1, -0.05) is 18.2 Å². The molecule has 0 aliphatic heterocycles. The zero-order valence-electron chi connectivity index (χ0n) is 6.03. The second kappa shape index (κ2) is 6.52. The van der Waals surface area contributed by atoms with Crippen molar-refractivity contribution in [2.24, 2.45) is 5.92 Å². The summed E-state index contributed by atoms with van der Waals surface area (Å²) in [4.78, 5) is 0. The molecule has 0 aliphatic rings. The Kier molecular flexibility index (Phi) is 6.13. The third kappa shape index (κ3) is 4.30. The number of aliphatic hydroxyl groups excluding tert-OH is 2. The van der Waals surface area contributed by atoms with Gasteiger partial charge in [0.15, 0.2) is 0 Å². The largest absolute Gasteiger partial charge is 0.396 e. The number of hydrogen-bond acceptors (Lipinski definition) is 2. The van der Waals surface area contributed by atoms with Crippen LogP contribution in [0.2, 0.25) is 0 Å². The zero-order valence-corrected chi connectivity index (χ0v) is 6.03. The molecule has 0 aromatic heterocycles. The molecule has 2 nitrogen and oxygen atoms in total. The average molecular weight is 142 g/mol. The predicted octanol–water partition coefficient (Wildman–Crippen LogP) is 0.719. The number of allylic oxidation sites excluding steroid dienone is 1. The molecule has 0 amide bonds. The minimum absolute atomic E-state index is 0.0648. The van der Waals surface area contributed by atoms with Crippen molar-refractivity contribution in [3.05, 3.63) is 24.8 Å². The highest BCUT2D eigenvalue weighted by Crippen LogP contribution is 2.02. The standard InChI is InChI=1S/C8H14O2/c1-2-8(7-10)5-3-4-6-9/h2-4,8-10H,1,5-7H2. The Morgan fingerprint density at radius 3 is 2.40 bits per heavy atom. The van der Waals surface area contributed by atoms with Gasteiger partial charge in [0.2, 0.25) is 0 Å². The highest BCUT2D eigenvalue weighted by atomic mass is 16.3. The molecule has 0 bridgehead atoms. The van der Waals surface area contributed by atoms with Gasteiger partial charge in [0.1, 0.15) is 0 Å². The van der Waals surface area contributed by atoms with Gasteiger partial charge in [0.25, 0.3) is 0 Å². The van der Waals surface area contributed by atoms with E-state index in [1.54, 1.807) is 12.2 Å². The van der Waals surface area contributed by atoms with Crippen LogP contribution in [0.25, 0.3) is 0 Å². The fourth-order valence-electron chi connectivity index (χ4n) is 0.591. The van der Waals surface area contributed by atoms with Crippen LogP contribution < -0.4 is 0 Å². The Morgan fingerprint density at radius 1 is 1.30 bits per heavy atom. The first kappa shape index (κ1) is 9.40. The van der Waals surface area contributed by atoms with E-state index in [2.05, 4.69) is 6.58 Å². The summed E-state index contributed by atoms with van der Waals surface area (Å²) in [6.07, 6.45) is 5.96. The molecule has 0 rings (SSSR count). The van der Waals surface area contributed by atoms with Crippen LogP contribution in [0.5, 0.6) is 0 Å². The summed E-state index contributed by atoms with van der Waals surface area (Å²) in [6.45, 7) is 3.74. The first-order chi connectivity index (χ1) is 4.85. The Labute approximate surface area is 61.5 Å². The zero-order chi connectivity index (χ0) is 7.82. The molecule has 0 aromatic carbocycles. The van der Waals surface area contributed by atoms with E-state index in [1.165, 1.54) is 0 Å². The van der Waals surface area contributed by atoms with Gasteiger partial charge in [-0.3, -0.25) is 0 Å². The van der Waals surface area contributed by atoms with Crippen LogP contribution in [0.4, 0.5) is 0 Å². The van der Waals surface area contributed by atoms with Gasteiger partial charge < -0.3 is 10.2 Å². The number of aliphatic hydroxyl groups is 2. The van der Waals surface area contributed by atoms with E-state index in [0.29, 0.717) is 0 Å². The fourth-order valence-corrected chi connectivity index (χ4v) is 0.591. The van der Waals surface area contributed by atoms with Crippen molar-refractivity contribution < 1.29 is 10.2 Å². The predicted molar refractivity (Wildman–Crippen MR) is 41.6 cm³/mol. The number of rotatable bonds is 5. The lowest BCUT2D eigenvalue weighted by molar-refractivity contribution is 0.253. The van der Waals surface area contributed by atoms with Crippen LogP contribution >= 0.6 is 0 Å². The van der Waals surface area contributed by atoms with Gasteiger partial charge in [-0.05, 0) is 6.42 Å². The van der Waals surface area contributed by atoms with E-state index < -0.39 is 0 Å². The van der Waals surface area contributed by atoms with Gasteiger partial charge in [0, 0.05) is 12.5 Å². The van der Waals surface area contributed by atoms with Crippen LogP contribution in [0, 0.1) is 5.92 Å². The van der Waals surface area contributed by atoms with Gasteiger partial charge in [0.05, 0.1) is 6.61 Å². The molecule has 0 fully saturated rings. The first-order valence-corrected chi connectivity index (χ1v) is 3.34. The van der Waals surface area contributed by atoms with E-state index in [9.17, 15) is 0 Å². The average Bonchev–Trinajstić information content (AvgIpc) is 1.99. The Balaban J connectivity index is 3.43. The molecule has 0 radical (unpaired) electrons. The third-order valence-electron chi connectivity index (χ3n) is 1.28. The normalized spacial score (nSPS) is 13.8. The van der Waals surface area contributed by atoms with Crippen LogP contribution in [0.15, 0.2) is 24.8 Å². The maximum Gasteiger partial charge on any atom is 0.0612 e. The van der Waals surface area contributed by atoms with Gasteiger partial charge in [-0.15, -0.1) is 6.58 Å². The van der Waals surface area contributed by atoms with Gasteiger partial charge in [-0.25, -0.2) is 0 Å². The first-order valence-electron chi connectivity index (χ1n) is 3.34. The van der Waals surface area contributed by atoms with Crippen molar-refractivity contribution in [2.45, 2.75) is 6.42 Å². The molecule has 0 saturated carbocycles. The van der Waals surface area contributed by atoms with E-state index in [-0.39, 0.29) is 19.1 Å². The van der Waals surface area contributed by atoms with Crippen molar-refractivity contribution in [3.63, 3.8) is 0 Å². The molecular weight excluding hydrogens is 128 g/mol. The summed E-state index contributed by atoms with van der Waals surface area (Å²) in [5.74, 6) is 0.128. The lowest BCUT2D eigenvalue weighted by atomic mass is 10.1. The van der Waals surface area contributed by atoms with E-state index in [4.69, 9.17) is 10.2 Å². The van der Waals surface area contributed by atoms with Crippen LogP contribution in [0.3, 0.4) is 0 Å². The summed E-state index contributed by atoms with van der Waals surface area (Å²) in [6, 6.07) is 0. The monoisotopic (exact) mass is 142 g/mol. The van der Waals surface area contributed by atoms with Crippen molar-refractivity contribution in [3.8, 4) is 0 Å². The quantitative estimate of drug-likeness (QED) is 0.555. The van der Waals surface area contributed by atoms with Crippen LogP contribution in [-0.2, 0) is 0 Å². The molecule has 10 heavy (non-hydrogen) atoms. The van der Waals surface area contributed by atoms with E-state index in [0.717, 1.165) is 6.42 Å². The second-order valence-corrected chi connectivity index (χ2v) is 2.07. The lowest BCUT2D eigenvalue weighted by Crippen LogP contribution is -1.99. The molecule has 0 spiro atoms. The highest BCUT2D eigenvalue weighted by molar-refractivity contribution is 4.89. The molecule has 2 N–H and O–H groups in total. The minimum atomic E-state index is 0.0648. The second-order valence-electron chi connectivity index (χ2n) is 2.07. The molecular formula is C8H14O2. The van der Waals surface area contributed by atoms with Gasteiger partial charge >= 0.3 is 0 Å². The summed E-state index contributed by atoms with van der Waals surface area (Å²) in [5.41, 5.74) is 0. The van der Waals surface area contributed by atoms with Crippen molar-refractivity contribution in [1.82, 2.24) is 0 Å². The minimum Gasteiger partial charge on any atom is -0.396 e. The van der Waals surface area contributed by atoms with Crippen LogP contribution in [-0.4, -0.2) is 23.4 Å². The molecule has 0 saturated heterocycles. The summed E-state index contributed by atoms with van der Waals surface area (Å²) in [7, 11) is 0. The topological polar surface area (TPSA) is 40.5 Å². The Morgan fingerprint density at radius 2 is 2.00 bits per heavy atom. The maximum absolute atomic E-state index is 8.66. The summed E-state index contributed by atoms with van der Waals surface area (Å²) < 4.78 is 0. The molecule has 58 valence electrons. The highest BCUT2D eigenvalue weighted by Gasteiger charge is 1.96. The molecule has 2 heteroatoms. The SMILES string of the molecule is C=CC(CO)CC=CCO. The molecule has 0 aliphatic carbocycles. The lowest BCUT2D eigenvalue weighted by Gasteiger charge is -2.02. The van der Waals surface area contributed by atoms with Crippen LogP contribution in [0.1, 0.15) is 6.42 Å². The summed E-state index contributed by atoms with van der Waals surface area (Å²) >= 11 is 0. The molecule has 1 atom stereocenters.